The summed E-state index contributed by atoms with van der Waals surface area (Å²) in [5, 5.41) is 3.30. The Morgan fingerprint density at radius 1 is 1.22 bits per heavy atom. The van der Waals surface area contributed by atoms with E-state index in [2.05, 4.69) is 16.4 Å². The lowest BCUT2D eigenvalue weighted by Crippen LogP contribution is -2.37. The zero-order valence-electron chi connectivity index (χ0n) is 15.7. The molecule has 0 spiro atoms. The van der Waals surface area contributed by atoms with Crippen molar-refractivity contribution in [2.24, 2.45) is 10.7 Å². The van der Waals surface area contributed by atoms with E-state index in [4.69, 9.17) is 19.9 Å². The van der Waals surface area contributed by atoms with Gasteiger partial charge in [0.2, 0.25) is 0 Å². The number of rotatable bonds is 8. The second-order valence-electron chi connectivity index (χ2n) is 6.39. The first kappa shape index (κ1) is 19.0. The lowest BCUT2D eigenvalue weighted by molar-refractivity contribution is 0.120. The fraction of sp³-hybridized carbons (Fsp3) is 0.381. The van der Waals surface area contributed by atoms with Crippen molar-refractivity contribution < 1.29 is 14.2 Å². The van der Waals surface area contributed by atoms with Crippen molar-refractivity contribution in [3.63, 3.8) is 0 Å². The predicted octanol–water partition coefficient (Wildman–Crippen LogP) is 3.03. The van der Waals surface area contributed by atoms with E-state index in [1.807, 2.05) is 42.5 Å². The van der Waals surface area contributed by atoms with E-state index in [0.717, 1.165) is 35.5 Å². The van der Waals surface area contributed by atoms with Crippen LogP contribution in [0, 0.1) is 0 Å². The Hall–Kier alpha value is -2.73. The highest BCUT2D eigenvalue weighted by molar-refractivity contribution is 5.78. The van der Waals surface area contributed by atoms with Crippen LogP contribution in [0.25, 0.3) is 0 Å². The van der Waals surface area contributed by atoms with Gasteiger partial charge in [-0.3, -0.25) is 4.99 Å². The molecular formula is C21H27N3O3. The first-order chi connectivity index (χ1) is 13.3. The van der Waals surface area contributed by atoms with Gasteiger partial charge in [-0.1, -0.05) is 30.3 Å². The number of benzene rings is 2. The third kappa shape index (κ3) is 5.62. The lowest BCUT2D eigenvalue weighted by atomic mass is 10.0. The summed E-state index contributed by atoms with van der Waals surface area (Å²) in [5.74, 6) is 2.23. The van der Waals surface area contributed by atoms with E-state index >= 15 is 0 Å². The molecule has 0 saturated heterocycles. The van der Waals surface area contributed by atoms with E-state index in [1.54, 1.807) is 7.11 Å². The molecule has 6 heteroatoms. The van der Waals surface area contributed by atoms with Crippen molar-refractivity contribution in [1.82, 2.24) is 5.32 Å². The Morgan fingerprint density at radius 2 is 2.04 bits per heavy atom. The van der Waals surface area contributed by atoms with Crippen molar-refractivity contribution in [3.8, 4) is 11.5 Å². The average molecular weight is 369 g/mol. The Morgan fingerprint density at radius 3 is 2.85 bits per heavy atom. The molecule has 1 aliphatic rings. The molecule has 0 fully saturated rings. The lowest BCUT2D eigenvalue weighted by Gasteiger charge is -2.26. The van der Waals surface area contributed by atoms with Gasteiger partial charge in [0.1, 0.15) is 11.5 Å². The van der Waals surface area contributed by atoms with Gasteiger partial charge in [-0.25, -0.2) is 0 Å². The van der Waals surface area contributed by atoms with Gasteiger partial charge in [-0.2, -0.15) is 0 Å². The normalized spacial score (nSPS) is 16.3. The first-order valence-corrected chi connectivity index (χ1v) is 9.25. The number of para-hydroxylation sites is 1. The third-order valence-electron chi connectivity index (χ3n) is 4.44. The first-order valence-electron chi connectivity index (χ1n) is 9.25. The molecule has 144 valence electrons. The summed E-state index contributed by atoms with van der Waals surface area (Å²) < 4.78 is 16.5. The minimum atomic E-state index is 0.144. The summed E-state index contributed by atoms with van der Waals surface area (Å²) in [6, 6.07) is 16.1. The van der Waals surface area contributed by atoms with Gasteiger partial charge in [0, 0.05) is 25.1 Å². The number of guanidine groups is 1. The van der Waals surface area contributed by atoms with Gasteiger partial charge >= 0.3 is 0 Å². The van der Waals surface area contributed by atoms with E-state index in [0.29, 0.717) is 32.3 Å². The van der Waals surface area contributed by atoms with Gasteiger partial charge in [-0.15, -0.1) is 0 Å². The molecule has 0 saturated carbocycles. The van der Waals surface area contributed by atoms with Crippen LogP contribution >= 0.6 is 0 Å². The molecule has 1 heterocycles. The highest BCUT2D eigenvalue weighted by atomic mass is 16.5. The molecule has 27 heavy (non-hydrogen) atoms. The molecule has 0 amide bonds. The van der Waals surface area contributed by atoms with Crippen LogP contribution in [0.4, 0.5) is 0 Å². The van der Waals surface area contributed by atoms with Crippen molar-refractivity contribution in [3.05, 3.63) is 59.7 Å². The molecule has 0 radical (unpaired) electrons. The molecule has 3 N–H and O–H groups in total. The fourth-order valence-electron chi connectivity index (χ4n) is 2.99. The zero-order chi connectivity index (χ0) is 18.9. The number of nitrogens with zero attached hydrogens (tertiary/aromatic N) is 1. The number of methoxy groups -OCH3 is 1. The molecule has 1 atom stereocenters. The highest BCUT2D eigenvalue weighted by Crippen LogP contribution is 2.31. The van der Waals surface area contributed by atoms with Gasteiger partial charge in [0.25, 0.3) is 0 Å². The van der Waals surface area contributed by atoms with Crippen LogP contribution in [-0.2, 0) is 11.3 Å². The second kappa shape index (κ2) is 9.83. The van der Waals surface area contributed by atoms with Gasteiger partial charge in [0.05, 0.1) is 26.4 Å². The van der Waals surface area contributed by atoms with Crippen molar-refractivity contribution >= 4 is 5.96 Å². The summed E-state index contributed by atoms with van der Waals surface area (Å²) in [6.45, 7) is 2.54. The quantitative estimate of drug-likeness (QED) is 0.425. The van der Waals surface area contributed by atoms with Crippen LogP contribution in [0.3, 0.4) is 0 Å². The zero-order valence-corrected chi connectivity index (χ0v) is 15.7. The summed E-state index contributed by atoms with van der Waals surface area (Å²) in [4.78, 5) is 4.40. The Bertz CT molecular complexity index is 747. The Kier molecular flexibility index (Phi) is 6.93. The minimum absolute atomic E-state index is 0.144. The molecule has 0 aliphatic carbocycles. The highest BCUT2D eigenvalue weighted by Gasteiger charge is 2.21. The number of fused-ring (bicyclic) bond motifs is 1. The standard InChI is InChI=1S/C21H27N3O3/c1-25-17-9-7-16(8-10-17)15-26-13-4-12-23-21(22)24-19-11-14-27-20-6-3-2-5-18(19)20/h2-3,5-10,19H,4,11-15H2,1H3,(H3,22,23,24). The van der Waals surface area contributed by atoms with Gasteiger partial charge in [-0.05, 0) is 30.2 Å². The van der Waals surface area contributed by atoms with Crippen LogP contribution in [-0.4, -0.2) is 32.8 Å². The molecule has 0 aromatic heterocycles. The van der Waals surface area contributed by atoms with Crippen molar-refractivity contribution in [2.75, 3.05) is 26.9 Å². The second-order valence-corrected chi connectivity index (χ2v) is 6.39. The summed E-state index contributed by atoms with van der Waals surface area (Å²) in [6.07, 6.45) is 1.70. The van der Waals surface area contributed by atoms with Crippen LogP contribution in [0.2, 0.25) is 0 Å². The van der Waals surface area contributed by atoms with Crippen LogP contribution < -0.4 is 20.5 Å². The van der Waals surface area contributed by atoms with E-state index in [9.17, 15) is 0 Å². The van der Waals surface area contributed by atoms with Crippen LogP contribution in [0.5, 0.6) is 11.5 Å². The third-order valence-corrected chi connectivity index (χ3v) is 4.44. The minimum Gasteiger partial charge on any atom is -0.497 e. The Balaban J connectivity index is 1.36. The van der Waals surface area contributed by atoms with E-state index in [-0.39, 0.29) is 6.04 Å². The number of aliphatic imine (C=N–C) groups is 1. The van der Waals surface area contributed by atoms with Crippen molar-refractivity contribution in [2.45, 2.75) is 25.5 Å². The summed E-state index contributed by atoms with van der Waals surface area (Å²) in [7, 11) is 1.66. The van der Waals surface area contributed by atoms with Crippen LogP contribution in [0.1, 0.15) is 30.0 Å². The predicted molar refractivity (Wildman–Crippen MR) is 106 cm³/mol. The molecule has 3 rings (SSSR count). The molecule has 1 aliphatic heterocycles. The molecule has 6 nitrogen and oxygen atoms in total. The monoisotopic (exact) mass is 369 g/mol. The SMILES string of the molecule is COc1ccc(COCCCN=C(N)NC2CCOc3ccccc32)cc1. The molecule has 2 aromatic rings. The number of ether oxygens (including phenoxy) is 3. The average Bonchev–Trinajstić information content (AvgIpc) is 2.71. The van der Waals surface area contributed by atoms with Crippen LogP contribution in [0.15, 0.2) is 53.5 Å². The number of hydrogen-bond acceptors (Lipinski definition) is 4. The summed E-state index contributed by atoms with van der Waals surface area (Å²) >= 11 is 0. The summed E-state index contributed by atoms with van der Waals surface area (Å²) in [5.41, 5.74) is 8.29. The maximum atomic E-state index is 6.04. The van der Waals surface area contributed by atoms with Gasteiger partial charge in [0.15, 0.2) is 5.96 Å². The number of nitrogens with two attached hydrogens (primary N) is 1. The molecule has 1 unspecified atom stereocenters. The topological polar surface area (TPSA) is 78.1 Å². The largest absolute Gasteiger partial charge is 0.497 e. The molecular weight excluding hydrogens is 342 g/mol. The molecule has 2 aromatic carbocycles. The smallest absolute Gasteiger partial charge is 0.189 e. The van der Waals surface area contributed by atoms with E-state index in [1.165, 1.54) is 0 Å². The maximum absolute atomic E-state index is 6.04. The Labute approximate surface area is 160 Å². The van der Waals surface area contributed by atoms with Gasteiger partial charge < -0.3 is 25.3 Å². The van der Waals surface area contributed by atoms with Crippen molar-refractivity contribution in [1.29, 1.82) is 0 Å². The molecule has 0 bridgehead atoms. The maximum Gasteiger partial charge on any atom is 0.189 e. The number of hydrogen-bond donors (Lipinski definition) is 2. The number of nitrogens with one attached hydrogen (secondary N) is 1. The van der Waals surface area contributed by atoms with E-state index < -0.39 is 0 Å². The fourth-order valence-corrected chi connectivity index (χ4v) is 2.99.